The molecule has 4 N–H and O–H groups in total. The van der Waals surface area contributed by atoms with Crippen LogP contribution in [0, 0.1) is 5.92 Å². The van der Waals surface area contributed by atoms with Crippen molar-refractivity contribution in [3.63, 3.8) is 0 Å². The van der Waals surface area contributed by atoms with Crippen LogP contribution in [0.3, 0.4) is 0 Å². The summed E-state index contributed by atoms with van der Waals surface area (Å²) in [5.74, 6) is 1.06. The van der Waals surface area contributed by atoms with E-state index in [1.54, 1.807) is 37.4 Å². The zero-order valence-electron chi connectivity index (χ0n) is 23.3. The third kappa shape index (κ3) is 5.38. The molecule has 1 aliphatic heterocycles. The van der Waals surface area contributed by atoms with Crippen molar-refractivity contribution in [1.82, 2.24) is 15.1 Å². The zero-order chi connectivity index (χ0) is 28.6. The van der Waals surface area contributed by atoms with Crippen molar-refractivity contribution in [2.24, 2.45) is 11.7 Å². The number of ketones is 1. The quantitative estimate of drug-likeness (QED) is 0.433. The fourth-order valence-corrected chi connectivity index (χ4v) is 6.30. The van der Waals surface area contributed by atoms with Gasteiger partial charge in [-0.25, -0.2) is 4.79 Å². The third-order valence-corrected chi connectivity index (χ3v) is 8.63. The molecule has 10 heteroatoms. The van der Waals surface area contributed by atoms with Crippen LogP contribution < -0.4 is 20.5 Å². The summed E-state index contributed by atoms with van der Waals surface area (Å²) in [5, 5.41) is 12.2. The SMILES string of the molecule is CCN(C)[C@@H]1Cc2ccc(OC(=O)N(C)CCNC(=O)[C@H](N)Cc3ccc(O)cc3)c3c2C2[C@H]1CCC(=O)[C@@H]2O3. The molecule has 3 aliphatic rings. The highest BCUT2D eigenvalue weighted by molar-refractivity contribution is 5.88. The third-order valence-electron chi connectivity index (χ3n) is 8.63. The lowest BCUT2D eigenvalue weighted by atomic mass is 9.65. The molecule has 0 aromatic heterocycles. The zero-order valence-corrected chi connectivity index (χ0v) is 23.3. The minimum Gasteiger partial charge on any atom is -0.508 e. The number of benzene rings is 2. The highest BCUT2D eigenvalue weighted by atomic mass is 16.6. The van der Waals surface area contributed by atoms with Crippen LogP contribution in [0.5, 0.6) is 17.2 Å². The molecule has 214 valence electrons. The number of ether oxygens (including phenoxy) is 2. The minimum atomic E-state index is -0.759. The number of carbonyl (C=O) groups excluding carboxylic acids is 3. The summed E-state index contributed by atoms with van der Waals surface area (Å²) in [6, 6.07) is 9.87. The summed E-state index contributed by atoms with van der Waals surface area (Å²) < 4.78 is 12.0. The van der Waals surface area contributed by atoms with Gasteiger partial charge in [-0.15, -0.1) is 0 Å². The van der Waals surface area contributed by atoms with Crippen molar-refractivity contribution >= 4 is 17.8 Å². The van der Waals surface area contributed by atoms with Crippen LogP contribution in [-0.2, 0) is 22.4 Å². The van der Waals surface area contributed by atoms with E-state index in [2.05, 4.69) is 24.2 Å². The maximum absolute atomic E-state index is 12.9. The van der Waals surface area contributed by atoms with Gasteiger partial charge in [0.2, 0.25) is 5.91 Å². The second-order valence-electron chi connectivity index (χ2n) is 11.1. The van der Waals surface area contributed by atoms with Crippen molar-refractivity contribution in [1.29, 1.82) is 0 Å². The van der Waals surface area contributed by atoms with Gasteiger partial charge in [0, 0.05) is 44.1 Å². The van der Waals surface area contributed by atoms with E-state index in [0.717, 1.165) is 36.1 Å². The van der Waals surface area contributed by atoms with Crippen molar-refractivity contribution < 1.29 is 29.0 Å². The Bertz CT molecular complexity index is 1280. The van der Waals surface area contributed by atoms with Gasteiger partial charge in [-0.05, 0) is 68.1 Å². The highest BCUT2D eigenvalue weighted by Crippen LogP contribution is 2.56. The first-order valence-corrected chi connectivity index (χ1v) is 14.0. The maximum atomic E-state index is 12.9. The number of phenolic OH excluding ortho intramolecular Hbond substituents is 1. The largest absolute Gasteiger partial charge is 0.508 e. The van der Waals surface area contributed by atoms with Gasteiger partial charge >= 0.3 is 6.09 Å². The maximum Gasteiger partial charge on any atom is 0.415 e. The Hall–Kier alpha value is -3.63. The number of rotatable bonds is 9. The molecule has 2 aliphatic carbocycles. The van der Waals surface area contributed by atoms with Gasteiger partial charge in [0.1, 0.15) is 5.75 Å². The lowest BCUT2D eigenvalue weighted by molar-refractivity contribution is -0.130. The summed E-state index contributed by atoms with van der Waals surface area (Å²) in [6.45, 7) is 3.50. The van der Waals surface area contributed by atoms with Gasteiger partial charge in [0.25, 0.3) is 0 Å². The molecule has 5 rings (SSSR count). The molecule has 2 aromatic carbocycles. The Morgan fingerprint density at radius 2 is 1.95 bits per heavy atom. The van der Waals surface area contributed by atoms with Gasteiger partial charge in [-0.2, -0.15) is 0 Å². The molecule has 1 fully saturated rings. The van der Waals surface area contributed by atoms with Crippen LogP contribution in [0.2, 0.25) is 0 Å². The number of Topliss-reactive ketones (excluding diaryl/α,β-unsaturated/α-hetero) is 1. The van der Waals surface area contributed by atoms with Gasteiger partial charge in [-0.3, -0.25) is 9.59 Å². The standard InChI is InChI=1S/C30H38N4O6/c1-4-33(2)22-16-18-7-12-24(28-25(18)26-20(22)10-11-23(36)27(26)40-28)39-30(38)34(3)14-13-32-29(37)21(31)15-17-5-8-19(35)9-6-17/h5-9,12,20-22,26-27,35H,4,10-11,13-16,31H2,1-3H3,(H,32,37)/t20-,21+,22+,26?,27-/m0/s1. The molecule has 10 nitrogen and oxygen atoms in total. The molecule has 0 saturated heterocycles. The van der Waals surface area contributed by atoms with Crippen LogP contribution in [0.15, 0.2) is 36.4 Å². The molecule has 0 spiro atoms. The normalized spacial score (nSPS) is 23.3. The smallest absolute Gasteiger partial charge is 0.415 e. The summed E-state index contributed by atoms with van der Waals surface area (Å²) in [7, 11) is 3.73. The van der Waals surface area contributed by atoms with E-state index in [0.29, 0.717) is 36.3 Å². The number of hydrogen-bond donors (Lipinski definition) is 3. The Morgan fingerprint density at radius 1 is 1.20 bits per heavy atom. The van der Waals surface area contributed by atoms with E-state index in [1.807, 2.05) is 6.07 Å². The molecular weight excluding hydrogens is 512 g/mol. The molecule has 40 heavy (non-hydrogen) atoms. The van der Waals surface area contributed by atoms with Gasteiger partial charge in [0.15, 0.2) is 23.4 Å². The molecule has 5 atom stereocenters. The second-order valence-corrected chi connectivity index (χ2v) is 11.1. The number of aromatic hydroxyl groups is 1. The number of phenols is 1. The van der Waals surface area contributed by atoms with Gasteiger partial charge in [0.05, 0.1) is 6.04 Å². The van der Waals surface area contributed by atoms with Gasteiger partial charge < -0.3 is 35.4 Å². The average Bonchev–Trinajstić information content (AvgIpc) is 3.36. The monoisotopic (exact) mass is 550 g/mol. The first-order valence-electron chi connectivity index (χ1n) is 14.0. The van der Waals surface area contributed by atoms with Crippen LogP contribution in [-0.4, -0.2) is 84.6 Å². The predicted molar refractivity (Wildman–Crippen MR) is 149 cm³/mol. The number of carbonyl (C=O) groups is 3. The Morgan fingerprint density at radius 3 is 2.67 bits per heavy atom. The summed E-state index contributed by atoms with van der Waals surface area (Å²) in [6.07, 6.45) is 1.44. The van der Waals surface area contributed by atoms with E-state index in [9.17, 15) is 19.5 Å². The molecule has 1 unspecified atom stereocenters. The summed E-state index contributed by atoms with van der Waals surface area (Å²) in [5.41, 5.74) is 9.02. The molecule has 2 amide bonds. The lowest BCUT2D eigenvalue weighted by Crippen LogP contribution is -2.50. The fraction of sp³-hybridized carbons (Fsp3) is 0.500. The van der Waals surface area contributed by atoms with E-state index in [4.69, 9.17) is 15.2 Å². The number of amides is 2. The first-order chi connectivity index (χ1) is 19.2. The highest BCUT2D eigenvalue weighted by Gasteiger charge is 2.53. The van der Waals surface area contributed by atoms with Crippen LogP contribution >= 0.6 is 0 Å². The lowest BCUT2D eigenvalue weighted by Gasteiger charge is -2.44. The van der Waals surface area contributed by atoms with Gasteiger partial charge in [-0.1, -0.05) is 25.1 Å². The van der Waals surface area contributed by atoms with Crippen LogP contribution in [0.1, 0.15) is 42.4 Å². The summed E-state index contributed by atoms with van der Waals surface area (Å²) in [4.78, 5) is 41.9. The van der Waals surface area contributed by atoms with E-state index in [-0.39, 0.29) is 36.4 Å². The molecule has 1 saturated carbocycles. The first kappa shape index (κ1) is 27.9. The van der Waals surface area contributed by atoms with E-state index in [1.165, 1.54) is 4.90 Å². The molecule has 1 heterocycles. The fourth-order valence-electron chi connectivity index (χ4n) is 6.30. The number of nitrogens with two attached hydrogens (primary N) is 1. The number of hydrogen-bond acceptors (Lipinski definition) is 8. The summed E-state index contributed by atoms with van der Waals surface area (Å²) >= 11 is 0. The van der Waals surface area contributed by atoms with Crippen molar-refractivity contribution in [2.45, 2.75) is 56.7 Å². The van der Waals surface area contributed by atoms with E-state index >= 15 is 0 Å². The second kappa shape index (κ2) is 11.5. The number of nitrogens with one attached hydrogen (secondary N) is 1. The Balaban J connectivity index is 1.20. The van der Waals surface area contributed by atoms with Crippen molar-refractivity contribution in [2.75, 3.05) is 33.7 Å². The predicted octanol–water partition coefficient (Wildman–Crippen LogP) is 2.21. The average molecular weight is 551 g/mol. The molecular formula is C30H38N4O6. The topological polar surface area (TPSA) is 134 Å². The van der Waals surface area contributed by atoms with Crippen molar-refractivity contribution in [3.05, 3.63) is 53.1 Å². The van der Waals surface area contributed by atoms with Crippen LogP contribution in [0.25, 0.3) is 0 Å². The molecule has 2 aromatic rings. The minimum absolute atomic E-state index is 0.0172. The van der Waals surface area contributed by atoms with E-state index < -0.39 is 18.2 Å². The Kier molecular flexibility index (Phi) is 8.00. The van der Waals surface area contributed by atoms with Crippen molar-refractivity contribution in [3.8, 4) is 17.2 Å². The number of nitrogens with zero attached hydrogens (tertiary/aromatic N) is 2. The Labute approximate surface area is 234 Å². The number of likely N-dealkylation sites (N-methyl/N-ethyl adjacent to an activating group) is 2. The van der Waals surface area contributed by atoms with Crippen LogP contribution in [0.4, 0.5) is 4.79 Å². The molecule has 0 radical (unpaired) electrons. The molecule has 0 bridgehead atoms.